The third-order valence-electron chi connectivity index (χ3n) is 2.64. The molecule has 1 aromatic rings. The van der Waals surface area contributed by atoms with Crippen LogP contribution < -0.4 is 10.5 Å². The van der Waals surface area contributed by atoms with Crippen molar-refractivity contribution in [3.05, 3.63) is 22.7 Å². The molecule has 0 aromatic carbocycles. The first kappa shape index (κ1) is 12.6. The van der Waals surface area contributed by atoms with Gasteiger partial charge < -0.3 is 14.6 Å². The quantitative estimate of drug-likeness (QED) is 0.833. The van der Waals surface area contributed by atoms with Gasteiger partial charge in [0.15, 0.2) is 5.82 Å². The van der Waals surface area contributed by atoms with Crippen LogP contribution in [-0.4, -0.2) is 40.1 Å². The predicted octanol–water partition coefficient (Wildman–Crippen LogP) is 1.15. The van der Waals surface area contributed by atoms with Crippen LogP contribution >= 0.6 is 15.9 Å². The van der Waals surface area contributed by atoms with Crippen LogP contribution in [0.3, 0.4) is 0 Å². The minimum absolute atomic E-state index is 0.0696. The lowest BCUT2D eigenvalue weighted by Crippen LogP contribution is -2.54. The molecule has 5 nitrogen and oxygen atoms in total. The molecule has 1 unspecified atom stereocenters. The van der Waals surface area contributed by atoms with Crippen molar-refractivity contribution >= 4 is 21.7 Å². The number of H-pyrrole nitrogens is 1. The monoisotopic (exact) mass is 301 g/mol. The molecular formula is C11H16BrN3O2. The van der Waals surface area contributed by atoms with Crippen molar-refractivity contribution in [3.63, 3.8) is 0 Å². The van der Waals surface area contributed by atoms with Gasteiger partial charge in [0.05, 0.1) is 11.7 Å². The minimum Gasteiger partial charge on any atom is -0.368 e. The van der Waals surface area contributed by atoms with Gasteiger partial charge in [-0.15, -0.1) is 0 Å². The second kappa shape index (κ2) is 4.78. The van der Waals surface area contributed by atoms with E-state index in [1.165, 1.54) is 0 Å². The lowest BCUT2D eigenvalue weighted by Gasteiger charge is -2.42. The second-order valence-electron chi connectivity index (χ2n) is 4.78. The molecule has 0 spiro atoms. The van der Waals surface area contributed by atoms with E-state index in [0.717, 1.165) is 5.33 Å². The Balaban J connectivity index is 2.27. The van der Waals surface area contributed by atoms with Gasteiger partial charge in [-0.25, -0.2) is 4.98 Å². The van der Waals surface area contributed by atoms with Crippen LogP contribution in [0.25, 0.3) is 0 Å². The highest BCUT2D eigenvalue weighted by atomic mass is 79.9. The lowest BCUT2D eigenvalue weighted by atomic mass is 10.1. The smallest absolute Gasteiger partial charge is 0.290 e. The maximum absolute atomic E-state index is 11.7. The summed E-state index contributed by atoms with van der Waals surface area (Å²) in [6, 6.07) is 0. The fourth-order valence-electron chi connectivity index (χ4n) is 2.11. The number of hydrogen-bond donors (Lipinski definition) is 1. The fourth-order valence-corrected chi connectivity index (χ4v) is 2.44. The van der Waals surface area contributed by atoms with Gasteiger partial charge >= 0.3 is 0 Å². The molecule has 1 aromatic heterocycles. The molecule has 1 saturated heterocycles. The molecule has 0 amide bonds. The van der Waals surface area contributed by atoms with E-state index in [-0.39, 0.29) is 17.3 Å². The van der Waals surface area contributed by atoms with E-state index in [2.05, 4.69) is 25.9 Å². The van der Waals surface area contributed by atoms with Gasteiger partial charge in [0, 0.05) is 30.8 Å². The van der Waals surface area contributed by atoms with E-state index in [0.29, 0.717) is 18.9 Å². The van der Waals surface area contributed by atoms with Gasteiger partial charge in [-0.3, -0.25) is 4.79 Å². The fraction of sp³-hybridized carbons (Fsp3) is 0.636. The topological polar surface area (TPSA) is 58.2 Å². The number of alkyl halides is 1. The van der Waals surface area contributed by atoms with E-state index in [1.807, 2.05) is 18.7 Å². The normalized spacial score (nSPS) is 23.7. The zero-order valence-electron chi connectivity index (χ0n) is 9.94. The van der Waals surface area contributed by atoms with Gasteiger partial charge in [0.1, 0.15) is 0 Å². The van der Waals surface area contributed by atoms with Crippen LogP contribution in [0.4, 0.5) is 5.82 Å². The molecule has 1 aliphatic rings. The first-order valence-corrected chi connectivity index (χ1v) is 6.66. The summed E-state index contributed by atoms with van der Waals surface area (Å²) >= 11 is 3.42. The van der Waals surface area contributed by atoms with E-state index in [1.54, 1.807) is 12.4 Å². The summed E-state index contributed by atoms with van der Waals surface area (Å²) in [4.78, 5) is 20.5. The summed E-state index contributed by atoms with van der Waals surface area (Å²) in [6.45, 7) is 5.38. The van der Waals surface area contributed by atoms with Crippen molar-refractivity contribution in [2.45, 2.75) is 25.6 Å². The first-order chi connectivity index (χ1) is 8.02. The highest BCUT2D eigenvalue weighted by Gasteiger charge is 2.34. The molecule has 2 heterocycles. The van der Waals surface area contributed by atoms with E-state index in [9.17, 15) is 4.79 Å². The molecular weight excluding hydrogens is 286 g/mol. The van der Waals surface area contributed by atoms with Gasteiger partial charge in [0.2, 0.25) is 0 Å². The van der Waals surface area contributed by atoms with Crippen LogP contribution in [0.5, 0.6) is 0 Å². The maximum Gasteiger partial charge on any atom is 0.290 e. The lowest BCUT2D eigenvalue weighted by molar-refractivity contribution is -0.0726. The third-order valence-corrected chi connectivity index (χ3v) is 3.36. The molecule has 94 valence electrons. The number of halogens is 1. The Morgan fingerprint density at radius 2 is 2.47 bits per heavy atom. The molecule has 0 bridgehead atoms. The zero-order valence-corrected chi connectivity index (χ0v) is 11.5. The van der Waals surface area contributed by atoms with Crippen molar-refractivity contribution in [1.82, 2.24) is 9.97 Å². The summed E-state index contributed by atoms with van der Waals surface area (Å²) in [5, 5.41) is 0.748. The average molecular weight is 302 g/mol. The van der Waals surface area contributed by atoms with Crippen molar-refractivity contribution in [2.24, 2.45) is 0 Å². The Bertz CT molecular complexity index is 446. The Hall–Kier alpha value is -0.880. The number of anilines is 1. The largest absolute Gasteiger partial charge is 0.368 e. The van der Waals surface area contributed by atoms with Crippen molar-refractivity contribution < 1.29 is 4.74 Å². The molecule has 1 atom stereocenters. The van der Waals surface area contributed by atoms with Crippen molar-refractivity contribution in [3.8, 4) is 0 Å². The molecule has 1 fully saturated rings. The molecule has 0 saturated carbocycles. The standard InChI is InChI=1S/C11H16BrN3O2/c1-11(2)7-15(6-8(5-12)17-11)9-10(16)14-4-3-13-9/h3-4,8H,5-7H2,1-2H3,(H,14,16). The first-order valence-electron chi connectivity index (χ1n) is 5.54. The summed E-state index contributed by atoms with van der Waals surface area (Å²) in [5.41, 5.74) is -0.431. The van der Waals surface area contributed by atoms with Gasteiger partial charge in [0.25, 0.3) is 5.56 Å². The van der Waals surface area contributed by atoms with Gasteiger partial charge in [-0.1, -0.05) is 15.9 Å². The van der Waals surface area contributed by atoms with Gasteiger partial charge in [-0.2, -0.15) is 0 Å². The van der Waals surface area contributed by atoms with Crippen molar-refractivity contribution in [1.29, 1.82) is 0 Å². The summed E-state index contributed by atoms with van der Waals surface area (Å²) in [5.74, 6) is 0.467. The number of nitrogens with zero attached hydrogens (tertiary/aromatic N) is 2. The Morgan fingerprint density at radius 3 is 3.12 bits per heavy atom. The molecule has 2 rings (SSSR count). The number of nitrogens with one attached hydrogen (secondary N) is 1. The van der Waals surface area contributed by atoms with Crippen LogP contribution in [0, 0.1) is 0 Å². The minimum atomic E-state index is -0.277. The summed E-state index contributed by atoms with van der Waals surface area (Å²) in [7, 11) is 0. The SMILES string of the molecule is CC1(C)CN(c2ncc[nH]c2=O)CC(CBr)O1. The third kappa shape index (κ3) is 2.87. The number of rotatable bonds is 2. The van der Waals surface area contributed by atoms with E-state index >= 15 is 0 Å². The zero-order chi connectivity index (χ0) is 12.5. The number of ether oxygens (including phenoxy) is 1. The molecule has 6 heteroatoms. The number of aromatic amines is 1. The number of aromatic nitrogens is 2. The average Bonchev–Trinajstić information content (AvgIpc) is 2.27. The van der Waals surface area contributed by atoms with E-state index in [4.69, 9.17) is 4.74 Å². The Kier molecular flexibility index (Phi) is 3.53. The Morgan fingerprint density at radius 1 is 1.71 bits per heavy atom. The molecule has 0 aliphatic carbocycles. The van der Waals surface area contributed by atoms with Crippen LogP contribution in [0.15, 0.2) is 17.2 Å². The van der Waals surface area contributed by atoms with Gasteiger partial charge in [-0.05, 0) is 13.8 Å². The number of morpholine rings is 1. The molecule has 1 N–H and O–H groups in total. The molecule has 1 aliphatic heterocycles. The second-order valence-corrected chi connectivity index (χ2v) is 5.42. The highest BCUT2D eigenvalue weighted by molar-refractivity contribution is 9.09. The highest BCUT2D eigenvalue weighted by Crippen LogP contribution is 2.23. The van der Waals surface area contributed by atoms with Crippen LogP contribution in [0.2, 0.25) is 0 Å². The summed E-state index contributed by atoms with van der Waals surface area (Å²) < 4.78 is 5.89. The molecule has 0 radical (unpaired) electrons. The predicted molar refractivity (Wildman–Crippen MR) is 69.8 cm³/mol. The maximum atomic E-state index is 11.7. The van der Waals surface area contributed by atoms with Crippen molar-refractivity contribution in [2.75, 3.05) is 23.3 Å². The summed E-state index contributed by atoms with van der Waals surface area (Å²) in [6.07, 6.45) is 3.21. The Labute approximate surface area is 108 Å². The van der Waals surface area contributed by atoms with Crippen LogP contribution in [0.1, 0.15) is 13.8 Å². The van der Waals surface area contributed by atoms with Crippen LogP contribution in [-0.2, 0) is 4.74 Å². The van der Waals surface area contributed by atoms with E-state index < -0.39 is 0 Å². The number of hydrogen-bond acceptors (Lipinski definition) is 4. The molecule has 17 heavy (non-hydrogen) atoms.